The van der Waals surface area contributed by atoms with Gasteiger partial charge in [-0.25, -0.2) is 0 Å². The smallest absolute Gasteiger partial charge is 0.168 e. The van der Waals surface area contributed by atoms with E-state index in [0.717, 1.165) is 32.7 Å². The van der Waals surface area contributed by atoms with E-state index >= 15 is 0 Å². The molecule has 4 heteroatoms. The average molecular weight is 283 g/mol. The molecule has 1 spiro atoms. The molecule has 3 aliphatic rings. The molecule has 1 unspecified atom stereocenters. The Hall–Kier alpha value is -0.160. The average Bonchev–Trinajstić information content (AvgIpc) is 3.12. The number of nitrogens with zero attached hydrogens (tertiary/aromatic N) is 1. The van der Waals surface area contributed by atoms with Crippen molar-refractivity contribution in [1.82, 2.24) is 4.90 Å². The molecular weight excluding hydrogens is 254 g/mol. The largest absolute Gasteiger partial charge is 0.378 e. The molecule has 0 aromatic carbocycles. The molecule has 20 heavy (non-hydrogen) atoms. The maximum absolute atomic E-state index is 5.80. The maximum atomic E-state index is 5.80. The van der Waals surface area contributed by atoms with Gasteiger partial charge in [0.25, 0.3) is 0 Å². The second-order valence-corrected chi connectivity index (χ2v) is 6.60. The third-order valence-corrected chi connectivity index (χ3v) is 5.21. The predicted molar refractivity (Wildman–Crippen MR) is 77.7 cm³/mol. The molecule has 116 valence electrons. The van der Waals surface area contributed by atoms with Gasteiger partial charge in [0, 0.05) is 25.5 Å². The summed E-state index contributed by atoms with van der Waals surface area (Å²) >= 11 is 0. The molecule has 1 saturated carbocycles. The zero-order valence-electron chi connectivity index (χ0n) is 12.8. The summed E-state index contributed by atoms with van der Waals surface area (Å²) in [7, 11) is 2.27. The third-order valence-electron chi connectivity index (χ3n) is 5.21. The highest BCUT2D eigenvalue weighted by molar-refractivity contribution is 4.86. The van der Waals surface area contributed by atoms with E-state index in [1.165, 1.54) is 45.1 Å². The minimum absolute atomic E-state index is 0.213. The first-order valence-corrected chi connectivity index (χ1v) is 8.37. The fraction of sp³-hybridized carbons (Fsp3) is 1.00. The summed E-state index contributed by atoms with van der Waals surface area (Å²) < 4.78 is 17.3. The van der Waals surface area contributed by atoms with E-state index in [4.69, 9.17) is 14.2 Å². The third kappa shape index (κ3) is 3.53. The van der Waals surface area contributed by atoms with E-state index in [1.54, 1.807) is 0 Å². The van der Waals surface area contributed by atoms with Gasteiger partial charge in [0.15, 0.2) is 5.79 Å². The van der Waals surface area contributed by atoms with Crippen molar-refractivity contribution in [1.29, 1.82) is 0 Å². The van der Waals surface area contributed by atoms with E-state index in [2.05, 4.69) is 11.9 Å². The number of ether oxygens (including phenoxy) is 3. The second-order valence-electron chi connectivity index (χ2n) is 6.60. The fourth-order valence-corrected chi connectivity index (χ4v) is 3.89. The molecular formula is C16H29NO3. The summed E-state index contributed by atoms with van der Waals surface area (Å²) in [5, 5.41) is 0. The summed E-state index contributed by atoms with van der Waals surface area (Å²) in [4.78, 5) is 2.54. The van der Waals surface area contributed by atoms with Crippen LogP contribution in [0.4, 0.5) is 0 Å². The van der Waals surface area contributed by atoms with E-state index in [1.807, 2.05) is 0 Å². The molecule has 0 bridgehead atoms. The zero-order chi connectivity index (χ0) is 13.8. The molecule has 0 aromatic heterocycles. The number of hydrogen-bond donors (Lipinski definition) is 0. The van der Waals surface area contributed by atoms with Gasteiger partial charge >= 0.3 is 0 Å². The van der Waals surface area contributed by atoms with Crippen LogP contribution >= 0.6 is 0 Å². The van der Waals surface area contributed by atoms with Crippen molar-refractivity contribution in [3.63, 3.8) is 0 Å². The lowest BCUT2D eigenvalue weighted by Crippen LogP contribution is -2.43. The molecule has 0 radical (unpaired) electrons. The van der Waals surface area contributed by atoms with Crippen molar-refractivity contribution < 1.29 is 14.2 Å². The molecule has 0 N–H and O–H groups in total. The Morgan fingerprint density at radius 2 is 1.80 bits per heavy atom. The van der Waals surface area contributed by atoms with Crippen molar-refractivity contribution in [2.45, 2.75) is 69.3 Å². The van der Waals surface area contributed by atoms with Crippen LogP contribution in [0, 0.1) is 0 Å². The van der Waals surface area contributed by atoms with Crippen LogP contribution in [-0.2, 0) is 14.2 Å². The second kappa shape index (κ2) is 6.73. The van der Waals surface area contributed by atoms with E-state index in [0.29, 0.717) is 12.1 Å². The topological polar surface area (TPSA) is 30.9 Å². The van der Waals surface area contributed by atoms with Gasteiger partial charge in [-0.1, -0.05) is 0 Å². The summed E-state index contributed by atoms with van der Waals surface area (Å²) in [5.41, 5.74) is 0. The highest BCUT2D eigenvalue weighted by atomic mass is 16.7. The highest BCUT2D eigenvalue weighted by Gasteiger charge is 2.40. The lowest BCUT2D eigenvalue weighted by molar-refractivity contribution is -0.183. The first kappa shape index (κ1) is 14.8. The van der Waals surface area contributed by atoms with Crippen molar-refractivity contribution in [2.75, 3.05) is 33.4 Å². The van der Waals surface area contributed by atoms with Crippen LogP contribution in [-0.4, -0.2) is 56.2 Å². The van der Waals surface area contributed by atoms with Gasteiger partial charge in [0.2, 0.25) is 0 Å². The van der Waals surface area contributed by atoms with E-state index in [9.17, 15) is 0 Å². The van der Waals surface area contributed by atoms with Crippen LogP contribution in [0.15, 0.2) is 0 Å². The van der Waals surface area contributed by atoms with E-state index in [-0.39, 0.29) is 5.79 Å². The molecule has 1 aliphatic carbocycles. The minimum Gasteiger partial charge on any atom is -0.378 e. The maximum Gasteiger partial charge on any atom is 0.168 e. The molecule has 2 saturated heterocycles. The van der Waals surface area contributed by atoms with E-state index < -0.39 is 0 Å². The molecule has 2 heterocycles. The Kier molecular flexibility index (Phi) is 4.97. The van der Waals surface area contributed by atoms with Gasteiger partial charge in [-0.15, -0.1) is 0 Å². The summed E-state index contributed by atoms with van der Waals surface area (Å²) in [5.74, 6) is -0.213. The SMILES string of the molecule is CN(CCCC1CCCO1)C1CCC2(CC1)OCCO2. The Balaban J connectivity index is 1.34. The van der Waals surface area contributed by atoms with Gasteiger partial charge in [0.05, 0.1) is 19.3 Å². The van der Waals surface area contributed by atoms with Crippen molar-refractivity contribution in [3.05, 3.63) is 0 Å². The van der Waals surface area contributed by atoms with Crippen molar-refractivity contribution in [2.24, 2.45) is 0 Å². The monoisotopic (exact) mass is 283 g/mol. The van der Waals surface area contributed by atoms with Crippen molar-refractivity contribution >= 4 is 0 Å². The Bertz CT molecular complexity index is 288. The summed E-state index contributed by atoms with van der Waals surface area (Å²) in [6, 6.07) is 0.706. The normalized spacial score (nSPS) is 30.6. The van der Waals surface area contributed by atoms with Gasteiger partial charge in [-0.05, 0) is 52.1 Å². The molecule has 4 nitrogen and oxygen atoms in total. The zero-order valence-corrected chi connectivity index (χ0v) is 12.8. The standard InChI is InChI=1S/C16H29NO3/c1-17(10-2-4-15-5-3-11-18-15)14-6-8-16(9-7-14)19-12-13-20-16/h14-15H,2-13H2,1H3. The van der Waals surface area contributed by atoms with Crippen LogP contribution in [0.25, 0.3) is 0 Å². The molecule has 0 aromatic rings. The first-order chi connectivity index (χ1) is 9.77. The highest BCUT2D eigenvalue weighted by Crippen LogP contribution is 2.37. The van der Waals surface area contributed by atoms with Crippen LogP contribution < -0.4 is 0 Å². The first-order valence-electron chi connectivity index (χ1n) is 8.37. The number of rotatable bonds is 5. The molecule has 1 atom stereocenters. The quantitative estimate of drug-likeness (QED) is 0.776. The molecule has 0 amide bonds. The minimum atomic E-state index is -0.213. The van der Waals surface area contributed by atoms with Crippen LogP contribution in [0.1, 0.15) is 51.4 Å². The number of hydrogen-bond acceptors (Lipinski definition) is 4. The van der Waals surface area contributed by atoms with Crippen molar-refractivity contribution in [3.8, 4) is 0 Å². The summed E-state index contributed by atoms with van der Waals surface area (Å²) in [6.07, 6.45) is 10.1. The van der Waals surface area contributed by atoms with Crippen LogP contribution in [0.2, 0.25) is 0 Å². The van der Waals surface area contributed by atoms with Gasteiger partial charge in [-0.3, -0.25) is 0 Å². The predicted octanol–water partition coefficient (Wildman–Crippen LogP) is 2.56. The van der Waals surface area contributed by atoms with Gasteiger partial charge in [-0.2, -0.15) is 0 Å². The molecule has 3 fully saturated rings. The lowest BCUT2D eigenvalue weighted by atomic mass is 9.89. The summed E-state index contributed by atoms with van der Waals surface area (Å²) in [6.45, 7) is 3.73. The Morgan fingerprint density at radius 3 is 2.45 bits per heavy atom. The van der Waals surface area contributed by atoms with Crippen LogP contribution in [0.5, 0.6) is 0 Å². The van der Waals surface area contributed by atoms with Gasteiger partial charge < -0.3 is 19.1 Å². The van der Waals surface area contributed by atoms with Gasteiger partial charge in [0.1, 0.15) is 0 Å². The molecule has 2 aliphatic heterocycles. The van der Waals surface area contributed by atoms with Crippen LogP contribution in [0.3, 0.4) is 0 Å². The fourth-order valence-electron chi connectivity index (χ4n) is 3.89. The Morgan fingerprint density at radius 1 is 1.05 bits per heavy atom. The molecule has 3 rings (SSSR count). The lowest BCUT2D eigenvalue weighted by Gasteiger charge is -2.39. The Labute approximate surface area is 122 Å².